The number of hydrogen-bond donors (Lipinski definition) is 0. The minimum absolute atomic E-state index is 0.153. The van der Waals surface area contributed by atoms with Crippen LogP contribution in [0, 0.1) is 0 Å². The summed E-state index contributed by atoms with van der Waals surface area (Å²) in [6.07, 6.45) is 13.3. The second-order valence-electron chi connectivity index (χ2n) is 4.39. The van der Waals surface area contributed by atoms with Gasteiger partial charge in [-0.1, -0.05) is 31.9 Å². The van der Waals surface area contributed by atoms with Gasteiger partial charge >= 0.3 is 5.97 Å². The first-order chi connectivity index (χ1) is 8.81. The van der Waals surface area contributed by atoms with Crippen LogP contribution in [0.5, 0.6) is 0 Å². The van der Waals surface area contributed by atoms with Gasteiger partial charge in [0, 0.05) is 12.8 Å². The van der Waals surface area contributed by atoms with Gasteiger partial charge in [0.15, 0.2) is 0 Å². The summed E-state index contributed by atoms with van der Waals surface area (Å²) in [5.41, 5.74) is 0. The molecule has 104 valence electrons. The van der Waals surface area contributed by atoms with Crippen LogP contribution in [-0.4, -0.2) is 18.9 Å². The first-order valence-corrected chi connectivity index (χ1v) is 7.05. The molecule has 0 heterocycles. The lowest BCUT2D eigenvalue weighted by atomic mass is 10.2. The summed E-state index contributed by atoms with van der Waals surface area (Å²) in [7, 11) is 0. The van der Waals surface area contributed by atoms with E-state index in [1.54, 1.807) is 0 Å². The zero-order chi connectivity index (χ0) is 13.5. The largest absolute Gasteiger partial charge is 0.465 e. The molecule has 0 aromatic heterocycles. The summed E-state index contributed by atoms with van der Waals surface area (Å²) >= 11 is 0. The third-order valence-electron chi connectivity index (χ3n) is 2.64. The van der Waals surface area contributed by atoms with Crippen LogP contribution in [0.3, 0.4) is 0 Å². The maximum Gasteiger partial charge on any atom is 0.305 e. The van der Waals surface area contributed by atoms with E-state index in [1.807, 2.05) is 0 Å². The van der Waals surface area contributed by atoms with E-state index in [9.17, 15) is 9.59 Å². The number of carbonyl (C=O) groups excluding carboxylic acids is 2. The van der Waals surface area contributed by atoms with Crippen molar-refractivity contribution in [2.75, 3.05) is 6.61 Å². The fourth-order valence-electron chi connectivity index (χ4n) is 1.56. The number of ether oxygens (including phenoxy) is 1. The summed E-state index contributed by atoms with van der Waals surface area (Å²) in [6.45, 7) is 2.66. The van der Waals surface area contributed by atoms with E-state index in [0.717, 1.165) is 32.0 Å². The lowest BCUT2D eigenvalue weighted by Crippen LogP contribution is -2.04. The number of rotatable bonds is 12. The molecule has 0 spiro atoms. The highest BCUT2D eigenvalue weighted by Gasteiger charge is 2.00. The van der Waals surface area contributed by atoms with Crippen LogP contribution in [-0.2, 0) is 14.3 Å². The maximum atomic E-state index is 11.2. The molecule has 0 aliphatic carbocycles. The Bertz CT molecular complexity index is 234. The van der Waals surface area contributed by atoms with Gasteiger partial charge in [-0.15, -0.1) is 0 Å². The van der Waals surface area contributed by atoms with Crippen molar-refractivity contribution in [2.45, 2.75) is 64.7 Å². The Labute approximate surface area is 111 Å². The second kappa shape index (κ2) is 13.9. The smallest absolute Gasteiger partial charge is 0.305 e. The molecule has 18 heavy (non-hydrogen) atoms. The highest BCUT2D eigenvalue weighted by Crippen LogP contribution is 2.02. The van der Waals surface area contributed by atoms with Crippen LogP contribution in [0.25, 0.3) is 0 Å². The summed E-state index contributed by atoms with van der Waals surface area (Å²) in [5, 5.41) is 0. The topological polar surface area (TPSA) is 43.4 Å². The van der Waals surface area contributed by atoms with Crippen molar-refractivity contribution >= 4 is 12.3 Å². The van der Waals surface area contributed by atoms with Crippen molar-refractivity contribution in [1.82, 2.24) is 0 Å². The van der Waals surface area contributed by atoms with Gasteiger partial charge in [-0.25, -0.2) is 0 Å². The first kappa shape index (κ1) is 16.9. The average Bonchev–Trinajstić information content (AvgIpc) is 2.38. The van der Waals surface area contributed by atoms with Crippen molar-refractivity contribution in [3.63, 3.8) is 0 Å². The monoisotopic (exact) mass is 254 g/mol. The average molecular weight is 254 g/mol. The Morgan fingerprint density at radius 1 is 1.00 bits per heavy atom. The number of carbonyl (C=O) groups is 2. The molecular weight excluding hydrogens is 228 g/mol. The molecule has 0 amide bonds. The highest BCUT2D eigenvalue weighted by atomic mass is 16.5. The van der Waals surface area contributed by atoms with Gasteiger partial charge < -0.3 is 9.53 Å². The Hall–Kier alpha value is -1.12. The lowest BCUT2D eigenvalue weighted by Gasteiger charge is -2.02. The van der Waals surface area contributed by atoms with Crippen LogP contribution >= 0.6 is 0 Å². The molecule has 0 atom stereocenters. The second-order valence-corrected chi connectivity index (χ2v) is 4.39. The summed E-state index contributed by atoms with van der Waals surface area (Å²) in [6, 6.07) is 0. The third-order valence-corrected chi connectivity index (χ3v) is 2.64. The molecule has 0 radical (unpaired) electrons. The van der Waals surface area contributed by atoms with Gasteiger partial charge in [0.2, 0.25) is 0 Å². The maximum absolute atomic E-state index is 11.2. The summed E-state index contributed by atoms with van der Waals surface area (Å²) in [5.74, 6) is -0.153. The van der Waals surface area contributed by atoms with Crippen molar-refractivity contribution in [3.8, 4) is 0 Å². The van der Waals surface area contributed by atoms with Crippen LogP contribution in [0.4, 0.5) is 0 Å². The standard InChI is InChI=1S/C15H26O3/c1-2-3-4-5-6-7-11-14-18-15(17)12-9-8-10-13-16/h6-7,13H,2-5,8-12,14H2,1H3/b7-6-. The van der Waals surface area contributed by atoms with Gasteiger partial charge in [-0.2, -0.15) is 0 Å². The predicted molar refractivity (Wildman–Crippen MR) is 73.4 cm³/mol. The molecule has 0 fully saturated rings. The van der Waals surface area contributed by atoms with E-state index in [2.05, 4.69) is 19.1 Å². The molecule has 0 unspecified atom stereocenters. The minimum Gasteiger partial charge on any atom is -0.465 e. The number of esters is 1. The normalized spacial score (nSPS) is 10.7. The van der Waals surface area contributed by atoms with Crippen molar-refractivity contribution in [2.24, 2.45) is 0 Å². The summed E-state index contributed by atoms with van der Waals surface area (Å²) < 4.78 is 5.07. The SMILES string of the molecule is CCCCC/C=C\CCOC(=O)CCCCC=O. The fourth-order valence-corrected chi connectivity index (χ4v) is 1.56. The van der Waals surface area contributed by atoms with Gasteiger partial charge in [-0.3, -0.25) is 4.79 Å². The minimum atomic E-state index is -0.153. The van der Waals surface area contributed by atoms with Gasteiger partial charge in [0.25, 0.3) is 0 Å². The fraction of sp³-hybridized carbons (Fsp3) is 0.733. The highest BCUT2D eigenvalue weighted by molar-refractivity contribution is 5.69. The zero-order valence-corrected chi connectivity index (χ0v) is 11.5. The number of hydrogen-bond acceptors (Lipinski definition) is 3. The number of allylic oxidation sites excluding steroid dienone is 1. The lowest BCUT2D eigenvalue weighted by molar-refractivity contribution is -0.143. The Morgan fingerprint density at radius 3 is 2.44 bits per heavy atom. The molecular formula is C15H26O3. The molecule has 3 heteroatoms. The van der Waals surface area contributed by atoms with Crippen molar-refractivity contribution < 1.29 is 14.3 Å². The Kier molecular flexibility index (Phi) is 13.1. The van der Waals surface area contributed by atoms with Gasteiger partial charge in [-0.05, 0) is 32.1 Å². The summed E-state index contributed by atoms with van der Waals surface area (Å²) in [4.78, 5) is 21.3. The molecule has 0 saturated carbocycles. The molecule has 0 aliphatic heterocycles. The zero-order valence-electron chi connectivity index (χ0n) is 11.5. The molecule has 0 aliphatic rings. The van der Waals surface area contributed by atoms with E-state index in [1.165, 1.54) is 19.3 Å². The van der Waals surface area contributed by atoms with E-state index < -0.39 is 0 Å². The molecule has 0 bridgehead atoms. The van der Waals surface area contributed by atoms with Gasteiger partial charge in [0.1, 0.15) is 6.29 Å². The molecule has 0 aromatic carbocycles. The number of aldehydes is 1. The van der Waals surface area contributed by atoms with E-state index in [0.29, 0.717) is 19.4 Å². The predicted octanol–water partition coefficient (Wildman–Crippen LogP) is 3.82. The Balaban J connectivity index is 3.26. The third kappa shape index (κ3) is 12.9. The van der Waals surface area contributed by atoms with E-state index in [4.69, 9.17) is 4.74 Å². The molecule has 0 N–H and O–H groups in total. The molecule has 3 nitrogen and oxygen atoms in total. The number of unbranched alkanes of at least 4 members (excludes halogenated alkanes) is 5. The first-order valence-electron chi connectivity index (χ1n) is 7.05. The van der Waals surface area contributed by atoms with Crippen LogP contribution in [0.1, 0.15) is 64.7 Å². The molecule has 0 rings (SSSR count). The molecule has 0 aromatic rings. The molecule has 0 saturated heterocycles. The Morgan fingerprint density at radius 2 is 1.72 bits per heavy atom. The van der Waals surface area contributed by atoms with Crippen molar-refractivity contribution in [3.05, 3.63) is 12.2 Å². The van der Waals surface area contributed by atoms with E-state index in [-0.39, 0.29) is 5.97 Å². The van der Waals surface area contributed by atoms with Crippen molar-refractivity contribution in [1.29, 1.82) is 0 Å². The van der Waals surface area contributed by atoms with Gasteiger partial charge in [0.05, 0.1) is 6.61 Å². The van der Waals surface area contributed by atoms with Crippen LogP contribution < -0.4 is 0 Å². The van der Waals surface area contributed by atoms with Crippen LogP contribution in [0.15, 0.2) is 12.2 Å². The quantitative estimate of drug-likeness (QED) is 0.230. The van der Waals surface area contributed by atoms with E-state index >= 15 is 0 Å². The van der Waals surface area contributed by atoms with Crippen LogP contribution in [0.2, 0.25) is 0 Å².